The van der Waals surface area contributed by atoms with Crippen molar-refractivity contribution in [2.45, 2.75) is 45.1 Å². The van der Waals surface area contributed by atoms with Crippen LogP contribution in [0, 0.1) is 44.1 Å². The number of hydrogen-bond donors (Lipinski definition) is 0. The summed E-state index contributed by atoms with van der Waals surface area (Å²) in [4.78, 5) is 11.0. The second-order valence-corrected chi connectivity index (χ2v) is 3.23. The molecular formula is C11H20AcNO2-. The Morgan fingerprint density at radius 2 is 2.13 bits per heavy atom. The molecule has 0 aliphatic heterocycles. The fourth-order valence-corrected chi connectivity index (χ4v) is 1.17. The minimum absolute atomic E-state index is 0. The number of carbonyl (C=O) groups excluding carboxylic acids is 1. The normalized spacial score (nSPS) is 11.3. The third-order valence-electron chi connectivity index (χ3n) is 1.97. The summed E-state index contributed by atoms with van der Waals surface area (Å²) in [6.07, 6.45) is 6.59. The molecule has 0 aromatic carbocycles. The van der Waals surface area contributed by atoms with Crippen LogP contribution in [-0.2, 0) is 9.53 Å². The van der Waals surface area contributed by atoms with E-state index in [2.05, 4.69) is 6.58 Å². The molecule has 0 aromatic heterocycles. The number of ether oxygens (including phenoxy) is 1. The van der Waals surface area contributed by atoms with Crippen LogP contribution in [0.15, 0.2) is 12.7 Å². The zero-order valence-corrected chi connectivity index (χ0v) is 14.2. The van der Waals surface area contributed by atoms with Gasteiger partial charge in [-0.05, 0) is 25.8 Å². The molecule has 1 N–H and O–H groups in total. The second kappa shape index (κ2) is 12.7. The zero-order valence-electron chi connectivity index (χ0n) is 9.50. The summed E-state index contributed by atoms with van der Waals surface area (Å²) in [5, 5.41) is 0. The zero-order chi connectivity index (χ0) is 10.8. The van der Waals surface area contributed by atoms with Gasteiger partial charge in [-0.15, -0.1) is 6.58 Å². The van der Waals surface area contributed by atoms with Crippen LogP contribution in [0.1, 0.15) is 39.0 Å². The Morgan fingerprint density at radius 1 is 1.47 bits per heavy atom. The first-order chi connectivity index (χ1) is 6.72. The fraction of sp³-hybridized carbons (Fsp3) is 0.727. The van der Waals surface area contributed by atoms with Gasteiger partial charge in [-0.25, -0.2) is 0 Å². The Hall–Kier alpha value is 0.612. The van der Waals surface area contributed by atoms with Crippen LogP contribution in [-0.4, -0.2) is 18.6 Å². The summed E-state index contributed by atoms with van der Waals surface area (Å²) in [6.45, 7) is 5.76. The van der Waals surface area contributed by atoms with E-state index in [9.17, 15) is 4.79 Å². The molecule has 85 valence electrons. The monoisotopic (exact) mass is 425 g/mol. The molecule has 0 aromatic rings. The Kier molecular flexibility index (Phi) is 15.2. The largest absolute Gasteiger partial charge is 0.665 e. The van der Waals surface area contributed by atoms with Crippen molar-refractivity contribution in [3.05, 3.63) is 18.4 Å². The van der Waals surface area contributed by atoms with Crippen molar-refractivity contribution in [1.29, 1.82) is 0 Å². The van der Waals surface area contributed by atoms with E-state index in [0.717, 1.165) is 25.7 Å². The van der Waals surface area contributed by atoms with E-state index in [1.54, 1.807) is 6.92 Å². The van der Waals surface area contributed by atoms with Gasteiger partial charge < -0.3 is 10.5 Å². The Morgan fingerprint density at radius 3 is 2.67 bits per heavy atom. The fourth-order valence-electron chi connectivity index (χ4n) is 1.17. The molecule has 0 bridgehead atoms. The molecule has 0 saturated carbocycles. The van der Waals surface area contributed by atoms with Crippen LogP contribution in [0.4, 0.5) is 0 Å². The number of allylic oxidation sites excluding steroid dienone is 1. The van der Waals surface area contributed by atoms with Crippen LogP contribution in [0.3, 0.4) is 0 Å². The van der Waals surface area contributed by atoms with Crippen molar-refractivity contribution < 1.29 is 53.6 Å². The van der Waals surface area contributed by atoms with Gasteiger partial charge in [-0.2, -0.15) is 0 Å². The van der Waals surface area contributed by atoms with E-state index in [1.807, 2.05) is 6.08 Å². The number of esters is 1. The number of hydrogen-bond acceptors (Lipinski definition) is 2. The molecule has 0 amide bonds. The maximum atomic E-state index is 11.0. The predicted molar refractivity (Wildman–Crippen MR) is 58.0 cm³/mol. The first-order valence-electron chi connectivity index (χ1n) is 5.21. The van der Waals surface area contributed by atoms with E-state index >= 15 is 0 Å². The molecule has 0 aliphatic rings. The topological polar surface area (TPSA) is 50.1 Å². The predicted octanol–water partition coefficient (Wildman–Crippen LogP) is 3.11. The first-order valence-corrected chi connectivity index (χ1v) is 5.21. The summed E-state index contributed by atoms with van der Waals surface area (Å²) >= 11 is 0. The van der Waals surface area contributed by atoms with Gasteiger partial charge in [0.1, 0.15) is 0 Å². The number of carbonyl (C=O) groups is 1. The van der Waals surface area contributed by atoms with E-state index in [1.165, 1.54) is 0 Å². The van der Waals surface area contributed by atoms with Crippen molar-refractivity contribution >= 4 is 5.97 Å². The van der Waals surface area contributed by atoms with Gasteiger partial charge in [0.2, 0.25) is 0 Å². The van der Waals surface area contributed by atoms with Gasteiger partial charge in [0, 0.05) is 44.1 Å². The van der Waals surface area contributed by atoms with Crippen molar-refractivity contribution in [3.8, 4) is 0 Å². The van der Waals surface area contributed by atoms with Gasteiger partial charge in [-0.1, -0.05) is 25.3 Å². The molecule has 0 saturated heterocycles. The molecule has 4 heteroatoms. The van der Waals surface area contributed by atoms with Crippen molar-refractivity contribution in [1.82, 2.24) is 0 Å². The summed E-state index contributed by atoms with van der Waals surface area (Å²) in [7, 11) is 0. The van der Waals surface area contributed by atoms with E-state index in [-0.39, 0.29) is 44.1 Å². The van der Waals surface area contributed by atoms with Gasteiger partial charge in [0.25, 0.3) is 5.97 Å². The van der Waals surface area contributed by atoms with Crippen LogP contribution in [0.5, 0.6) is 0 Å². The molecule has 0 rings (SSSR count). The average Bonchev–Trinajstić information content (AvgIpc) is 2.17. The van der Waals surface area contributed by atoms with Gasteiger partial charge >= 0.3 is 0 Å². The quantitative estimate of drug-likeness (QED) is 0.341. The molecule has 3 nitrogen and oxygen atoms in total. The number of unbranched alkanes of at least 4 members (excludes halogenated alkanes) is 3. The SMILES string of the molecule is C=CCCCCC[C@H]([NH-])C(=O)OCC.[Ac]. The van der Waals surface area contributed by atoms with Gasteiger partial charge in [-0.3, -0.25) is 4.79 Å². The molecular weight excluding hydrogens is 405 g/mol. The molecule has 0 aliphatic carbocycles. The van der Waals surface area contributed by atoms with E-state index in [4.69, 9.17) is 10.5 Å². The number of rotatable bonds is 8. The van der Waals surface area contributed by atoms with Crippen molar-refractivity contribution in [3.63, 3.8) is 0 Å². The molecule has 1 atom stereocenters. The summed E-state index contributed by atoms with van der Waals surface area (Å²) in [5.74, 6) is -0.392. The number of nitrogens with one attached hydrogen (secondary N) is 1. The first kappa shape index (κ1) is 18.0. The Bertz CT molecular complexity index is 174. The van der Waals surface area contributed by atoms with Gasteiger partial charge in [0.05, 0.1) is 6.61 Å². The second-order valence-electron chi connectivity index (χ2n) is 3.23. The third-order valence-corrected chi connectivity index (χ3v) is 1.97. The third kappa shape index (κ3) is 10.9. The van der Waals surface area contributed by atoms with Crippen LogP contribution in [0.2, 0.25) is 0 Å². The van der Waals surface area contributed by atoms with Crippen LogP contribution in [0.25, 0.3) is 5.73 Å². The maximum Gasteiger partial charge on any atom is 0.287 e. The minimum Gasteiger partial charge on any atom is -0.665 e. The minimum atomic E-state index is -0.696. The van der Waals surface area contributed by atoms with E-state index < -0.39 is 12.0 Å². The molecule has 0 fully saturated rings. The van der Waals surface area contributed by atoms with Gasteiger partial charge in [0.15, 0.2) is 0 Å². The smallest absolute Gasteiger partial charge is 0.287 e. The molecule has 0 unspecified atom stereocenters. The van der Waals surface area contributed by atoms with Crippen LogP contribution < -0.4 is 0 Å². The molecule has 15 heavy (non-hydrogen) atoms. The summed E-state index contributed by atoms with van der Waals surface area (Å²) in [6, 6.07) is -0.696. The molecule has 0 spiro atoms. The standard InChI is InChI=1S/C11H20NO2.Ac/c1-3-5-6-7-8-9-10(12)11(13)14-4-2;/h3,10,12H,1,4-9H2,2H3;/q-1;/t10-;/m0./s1. The van der Waals surface area contributed by atoms with Crippen LogP contribution >= 0.6 is 0 Å². The Balaban J connectivity index is 0. The Labute approximate surface area is 128 Å². The summed E-state index contributed by atoms with van der Waals surface area (Å²) < 4.78 is 4.74. The van der Waals surface area contributed by atoms with E-state index in [0.29, 0.717) is 13.0 Å². The summed E-state index contributed by atoms with van der Waals surface area (Å²) in [5.41, 5.74) is 7.47. The average molecular weight is 425 g/mol. The molecule has 0 heterocycles. The van der Waals surface area contributed by atoms with Crippen molar-refractivity contribution in [2.75, 3.05) is 6.61 Å². The van der Waals surface area contributed by atoms with Crippen molar-refractivity contribution in [2.24, 2.45) is 0 Å². The maximum absolute atomic E-state index is 11.0. The molecule has 1 radical (unpaired) electrons.